The summed E-state index contributed by atoms with van der Waals surface area (Å²) in [5, 5.41) is 3.03. The number of nitrogens with one attached hydrogen (secondary N) is 1. The predicted molar refractivity (Wildman–Crippen MR) is 125 cm³/mol. The molecule has 32 heavy (non-hydrogen) atoms. The molecule has 0 aliphatic carbocycles. The summed E-state index contributed by atoms with van der Waals surface area (Å²) in [6.07, 6.45) is 1.56. The lowest BCUT2D eigenvalue weighted by molar-refractivity contribution is 0.0745. The Hall–Kier alpha value is -3.48. The van der Waals surface area contributed by atoms with E-state index in [2.05, 4.69) is 52.2 Å². The molecule has 0 radical (unpaired) electrons. The minimum Gasteiger partial charge on any atom is -0.368 e. The lowest BCUT2D eigenvalue weighted by Gasteiger charge is -2.37. The number of benzene rings is 2. The molecule has 0 saturated carbocycles. The molecular weight excluding hydrogens is 405 g/mol. The number of hydrogen-bond acceptors (Lipinski definition) is 5. The zero-order valence-corrected chi connectivity index (χ0v) is 18.7. The summed E-state index contributed by atoms with van der Waals surface area (Å²) in [4.78, 5) is 26.0. The normalized spacial score (nSPS) is 13.9. The van der Waals surface area contributed by atoms with E-state index < -0.39 is 0 Å². The van der Waals surface area contributed by atoms with Crippen molar-refractivity contribution in [3.63, 3.8) is 0 Å². The number of aryl methyl sites for hydroxylation is 2. The molecule has 166 valence electrons. The Balaban J connectivity index is 1.38. The van der Waals surface area contributed by atoms with Crippen molar-refractivity contribution >= 4 is 17.5 Å². The third-order valence-corrected chi connectivity index (χ3v) is 6.09. The molecule has 0 spiro atoms. The van der Waals surface area contributed by atoms with Gasteiger partial charge in [-0.25, -0.2) is 14.4 Å². The molecule has 1 aromatic heterocycles. The van der Waals surface area contributed by atoms with Gasteiger partial charge in [0.05, 0.1) is 11.3 Å². The summed E-state index contributed by atoms with van der Waals surface area (Å²) in [5.74, 6) is 0.0503. The van der Waals surface area contributed by atoms with Crippen molar-refractivity contribution < 1.29 is 9.18 Å². The zero-order valence-electron chi connectivity index (χ0n) is 18.7. The van der Waals surface area contributed by atoms with Gasteiger partial charge in [-0.15, -0.1) is 0 Å². The summed E-state index contributed by atoms with van der Waals surface area (Å²) in [5.41, 5.74) is 5.45. The predicted octanol–water partition coefficient (Wildman–Crippen LogP) is 4.12. The molecule has 3 aromatic rings. The summed E-state index contributed by atoms with van der Waals surface area (Å²) in [6, 6.07) is 12.9. The van der Waals surface area contributed by atoms with Gasteiger partial charge < -0.3 is 15.1 Å². The van der Waals surface area contributed by atoms with Gasteiger partial charge in [-0.05, 0) is 44.0 Å². The van der Waals surface area contributed by atoms with Crippen LogP contribution in [0.5, 0.6) is 0 Å². The van der Waals surface area contributed by atoms with Crippen molar-refractivity contribution in [3.8, 4) is 0 Å². The molecule has 0 bridgehead atoms. The van der Waals surface area contributed by atoms with E-state index in [9.17, 15) is 9.18 Å². The molecule has 1 aliphatic rings. The van der Waals surface area contributed by atoms with Gasteiger partial charge in [-0.2, -0.15) is 0 Å². The van der Waals surface area contributed by atoms with Crippen molar-refractivity contribution in [2.24, 2.45) is 0 Å². The highest BCUT2D eigenvalue weighted by atomic mass is 19.1. The van der Waals surface area contributed by atoms with Crippen molar-refractivity contribution in [2.45, 2.75) is 27.3 Å². The van der Waals surface area contributed by atoms with Crippen molar-refractivity contribution in [2.75, 3.05) is 36.4 Å². The number of carbonyl (C=O) groups is 1. The number of amides is 1. The molecule has 1 fully saturated rings. The van der Waals surface area contributed by atoms with Gasteiger partial charge in [0.2, 0.25) is 5.95 Å². The minimum atomic E-state index is -0.275. The number of carbonyl (C=O) groups excluding carboxylic acids is 1. The van der Waals surface area contributed by atoms with E-state index in [-0.39, 0.29) is 18.3 Å². The average molecular weight is 434 g/mol. The van der Waals surface area contributed by atoms with Gasteiger partial charge in [-0.3, -0.25) is 4.79 Å². The lowest BCUT2D eigenvalue weighted by Crippen LogP contribution is -2.49. The second-order valence-electron chi connectivity index (χ2n) is 8.14. The number of rotatable bonds is 5. The molecule has 1 amide bonds. The molecule has 4 rings (SSSR count). The third-order valence-electron chi connectivity index (χ3n) is 6.09. The fraction of sp³-hybridized carbons (Fsp3) is 0.320. The van der Waals surface area contributed by atoms with Gasteiger partial charge in [0.15, 0.2) is 0 Å². The van der Waals surface area contributed by atoms with Crippen LogP contribution in [0, 0.1) is 26.6 Å². The Morgan fingerprint density at radius 3 is 2.50 bits per heavy atom. The Kier molecular flexibility index (Phi) is 6.35. The van der Waals surface area contributed by atoms with Crippen LogP contribution in [-0.4, -0.2) is 47.0 Å². The van der Waals surface area contributed by atoms with Crippen LogP contribution in [0.3, 0.4) is 0 Å². The average Bonchev–Trinajstić information content (AvgIpc) is 2.80. The molecular formula is C25H28FN5O. The largest absolute Gasteiger partial charge is 0.368 e. The molecule has 6 nitrogen and oxygen atoms in total. The third kappa shape index (κ3) is 4.56. The van der Waals surface area contributed by atoms with Crippen LogP contribution >= 0.6 is 0 Å². The zero-order chi connectivity index (χ0) is 22.7. The Labute approximate surface area is 188 Å². The summed E-state index contributed by atoms with van der Waals surface area (Å²) < 4.78 is 13.8. The first-order valence-corrected chi connectivity index (χ1v) is 10.9. The molecule has 1 saturated heterocycles. The van der Waals surface area contributed by atoms with E-state index in [1.165, 1.54) is 22.9 Å². The number of anilines is 2. The molecule has 0 atom stereocenters. The Morgan fingerprint density at radius 1 is 1.03 bits per heavy atom. The summed E-state index contributed by atoms with van der Waals surface area (Å²) in [6.45, 7) is 9.23. The van der Waals surface area contributed by atoms with E-state index in [4.69, 9.17) is 0 Å². The van der Waals surface area contributed by atoms with E-state index in [0.29, 0.717) is 35.9 Å². The van der Waals surface area contributed by atoms with Gasteiger partial charge in [0.1, 0.15) is 5.82 Å². The molecule has 7 heteroatoms. The molecule has 0 unspecified atom stereocenters. The first kappa shape index (κ1) is 21.7. The quantitative estimate of drug-likeness (QED) is 0.656. The fourth-order valence-corrected chi connectivity index (χ4v) is 3.98. The van der Waals surface area contributed by atoms with E-state index >= 15 is 0 Å². The van der Waals surface area contributed by atoms with Crippen LogP contribution in [0.4, 0.5) is 16.0 Å². The Bertz CT molecular complexity index is 1130. The maximum atomic E-state index is 13.8. The fourth-order valence-electron chi connectivity index (χ4n) is 3.98. The number of nitrogens with zero attached hydrogens (tertiary/aromatic N) is 4. The van der Waals surface area contributed by atoms with Crippen molar-refractivity contribution in [3.05, 3.63) is 82.4 Å². The first-order chi connectivity index (χ1) is 15.4. The summed E-state index contributed by atoms with van der Waals surface area (Å²) >= 11 is 0. The maximum Gasteiger partial charge on any atom is 0.257 e. The first-order valence-electron chi connectivity index (χ1n) is 10.9. The second-order valence-corrected chi connectivity index (χ2v) is 8.14. The molecule has 2 aromatic carbocycles. The Morgan fingerprint density at radius 2 is 1.78 bits per heavy atom. The van der Waals surface area contributed by atoms with Gasteiger partial charge in [0, 0.05) is 50.2 Å². The van der Waals surface area contributed by atoms with E-state index in [0.717, 1.165) is 13.1 Å². The topological polar surface area (TPSA) is 61.4 Å². The highest BCUT2D eigenvalue weighted by Gasteiger charge is 2.25. The minimum absolute atomic E-state index is 0.0521. The summed E-state index contributed by atoms with van der Waals surface area (Å²) in [7, 11) is 0. The second kappa shape index (κ2) is 9.34. The molecule has 1 aliphatic heterocycles. The van der Waals surface area contributed by atoms with Crippen LogP contribution in [-0.2, 0) is 6.54 Å². The van der Waals surface area contributed by atoms with Crippen LogP contribution in [0.1, 0.15) is 32.7 Å². The number of halogens is 1. The van der Waals surface area contributed by atoms with Crippen LogP contribution < -0.4 is 10.2 Å². The molecule has 2 heterocycles. The SMILES string of the molecule is Cc1cccc(N2CCN(C(=O)c3cnc(NCc4ccccc4F)nc3C)CC2)c1C. The number of hydrogen-bond donors (Lipinski definition) is 1. The van der Waals surface area contributed by atoms with Crippen LogP contribution in [0.15, 0.2) is 48.7 Å². The lowest BCUT2D eigenvalue weighted by atomic mass is 10.1. The van der Waals surface area contributed by atoms with Crippen molar-refractivity contribution in [1.82, 2.24) is 14.9 Å². The van der Waals surface area contributed by atoms with Gasteiger partial charge >= 0.3 is 0 Å². The van der Waals surface area contributed by atoms with Crippen molar-refractivity contribution in [1.29, 1.82) is 0 Å². The smallest absolute Gasteiger partial charge is 0.257 e. The maximum absolute atomic E-state index is 13.8. The highest BCUT2D eigenvalue weighted by molar-refractivity contribution is 5.95. The number of aromatic nitrogens is 2. The van der Waals surface area contributed by atoms with Crippen LogP contribution in [0.25, 0.3) is 0 Å². The monoisotopic (exact) mass is 433 g/mol. The van der Waals surface area contributed by atoms with E-state index in [1.807, 2.05) is 4.90 Å². The van der Waals surface area contributed by atoms with E-state index in [1.54, 1.807) is 31.3 Å². The van der Waals surface area contributed by atoms with Gasteiger partial charge in [-0.1, -0.05) is 30.3 Å². The van der Waals surface area contributed by atoms with Gasteiger partial charge in [0.25, 0.3) is 5.91 Å². The number of piperazine rings is 1. The molecule has 1 N–H and O–H groups in total. The standard InChI is InChI=1S/C25H28FN5O/c1-17-7-6-10-23(18(17)2)30-11-13-31(14-12-30)24(32)21-16-28-25(29-19(21)3)27-15-20-8-4-5-9-22(20)26/h4-10,16H,11-15H2,1-3H3,(H,27,28,29). The highest BCUT2D eigenvalue weighted by Crippen LogP contribution is 2.24. The van der Waals surface area contributed by atoms with Crippen LogP contribution in [0.2, 0.25) is 0 Å².